The summed E-state index contributed by atoms with van der Waals surface area (Å²) in [5.74, 6) is -3.60. The van der Waals surface area contributed by atoms with E-state index in [1.54, 1.807) is 0 Å². The van der Waals surface area contributed by atoms with Crippen molar-refractivity contribution in [1.29, 1.82) is 0 Å². The van der Waals surface area contributed by atoms with E-state index in [1.807, 2.05) is 0 Å². The maximum Gasteiger partial charge on any atom is 0.306 e. The van der Waals surface area contributed by atoms with Crippen molar-refractivity contribution in [2.75, 3.05) is 0 Å². The molecule has 1 aliphatic rings. The van der Waals surface area contributed by atoms with Gasteiger partial charge in [-0.2, -0.15) is 0 Å². The van der Waals surface area contributed by atoms with Crippen LogP contribution in [0.5, 0.6) is 0 Å². The van der Waals surface area contributed by atoms with Crippen LogP contribution in [-0.2, 0) is 4.79 Å². The van der Waals surface area contributed by atoms with E-state index in [1.165, 1.54) is 0 Å². The molecule has 0 aliphatic heterocycles. The summed E-state index contributed by atoms with van der Waals surface area (Å²) < 4.78 is 29.2. The van der Waals surface area contributed by atoms with Gasteiger partial charge in [0.05, 0.1) is 5.89 Å². The molecule has 2 nitrogen and oxygen atoms in total. The lowest BCUT2D eigenvalue weighted by Crippen LogP contribution is -2.07. The van der Waals surface area contributed by atoms with Gasteiger partial charge in [0.15, 0.2) is 0 Å². The van der Waals surface area contributed by atoms with Gasteiger partial charge in [0, 0.05) is 5.48 Å². The Morgan fingerprint density at radius 3 is 3.00 bits per heavy atom. The Labute approximate surface area is 54.1 Å². The fourth-order valence-corrected chi connectivity index (χ4v) is 0.653. The van der Waals surface area contributed by atoms with Crippen LogP contribution >= 0.6 is 0 Å². The summed E-state index contributed by atoms with van der Waals surface area (Å²) in [5, 5.41) is 8.62. The van der Waals surface area contributed by atoms with Crippen LogP contribution in [-0.4, -0.2) is 11.1 Å². The number of carboxylic acids is 1. The predicted octanol–water partition coefficient (Wildman–Crippen LogP) is 1.26. The third-order valence-electron chi connectivity index (χ3n) is 1.07. The van der Waals surface area contributed by atoms with Crippen molar-refractivity contribution in [3.05, 3.63) is 0 Å². The van der Waals surface area contributed by atoms with E-state index in [2.05, 4.69) is 0 Å². The number of aliphatic carboxylic acids is 1. The molecule has 1 rings (SSSR count). The zero-order valence-electron chi connectivity index (χ0n) is 8.35. The first-order valence-corrected chi connectivity index (χ1v) is 2.48. The number of carbonyl (C=O) groups is 1. The van der Waals surface area contributed by atoms with Crippen molar-refractivity contribution in [3.8, 4) is 0 Å². The molecule has 8 heavy (non-hydrogen) atoms. The molecule has 0 aromatic rings. The van der Waals surface area contributed by atoms with Gasteiger partial charge in [-0.1, -0.05) is 12.8 Å². The Hall–Kier alpha value is -0.530. The summed E-state index contributed by atoms with van der Waals surface area (Å²) in [6.07, 6.45) is -3.27. The van der Waals surface area contributed by atoms with Crippen LogP contribution in [0.25, 0.3) is 0 Å². The molecular formula is C6H10O2. The minimum atomic E-state index is -2.24. The minimum absolute atomic E-state index is 0.0799. The quantitative estimate of drug-likeness (QED) is 0.562. The molecule has 1 aliphatic carbocycles. The molecule has 1 saturated carbocycles. The minimum Gasteiger partial charge on any atom is -0.481 e. The van der Waals surface area contributed by atoms with E-state index in [-0.39, 0.29) is 12.8 Å². The van der Waals surface area contributed by atoms with Gasteiger partial charge in [-0.3, -0.25) is 4.79 Å². The van der Waals surface area contributed by atoms with Gasteiger partial charge >= 0.3 is 5.97 Å². The van der Waals surface area contributed by atoms with Crippen molar-refractivity contribution in [2.24, 2.45) is 5.89 Å². The summed E-state index contributed by atoms with van der Waals surface area (Å²) in [7, 11) is 0. The average molecular weight is 118 g/mol. The Morgan fingerprint density at radius 2 is 2.75 bits per heavy atom. The van der Waals surface area contributed by atoms with Gasteiger partial charge in [-0.25, -0.2) is 0 Å². The molecule has 1 N–H and O–H groups in total. The Balaban J connectivity index is 3.01. The largest absolute Gasteiger partial charge is 0.481 e. The second kappa shape index (κ2) is 2.16. The van der Waals surface area contributed by atoms with Gasteiger partial charge in [-0.15, -0.1) is 0 Å². The molecule has 0 spiro atoms. The van der Waals surface area contributed by atoms with E-state index >= 15 is 0 Å². The Bertz CT molecular complexity index is 218. The lowest BCUT2D eigenvalue weighted by Gasteiger charge is -1.97. The van der Waals surface area contributed by atoms with Crippen LogP contribution in [0.3, 0.4) is 0 Å². The lowest BCUT2D eigenvalue weighted by atomic mass is 10.1. The standard InChI is InChI=1S/C6H10O2/c7-6(8)5-3-1-2-4-5/h5H,1-4H2,(H,7,8)/i1D,3D2,5D. The average Bonchev–Trinajstić information content (AvgIpc) is 2.15. The summed E-state index contributed by atoms with van der Waals surface area (Å²) >= 11 is 0. The normalized spacial score (nSPS) is 60.2. The van der Waals surface area contributed by atoms with E-state index in [0.717, 1.165) is 0 Å². The van der Waals surface area contributed by atoms with Crippen molar-refractivity contribution >= 4 is 5.97 Å². The molecule has 0 amide bonds. The van der Waals surface area contributed by atoms with Crippen LogP contribution in [0.4, 0.5) is 0 Å². The van der Waals surface area contributed by atoms with Crippen molar-refractivity contribution < 1.29 is 15.4 Å². The van der Waals surface area contributed by atoms with E-state index in [9.17, 15) is 4.79 Å². The van der Waals surface area contributed by atoms with Crippen molar-refractivity contribution in [1.82, 2.24) is 0 Å². The van der Waals surface area contributed by atoms with Crippen LogP contribution in [0.2, 0.25) is 0 Å². The first-order chi connectivity index (χ1) is 5.32. The number of hydrogen-bond acceptors (Lipinski definition) is 1. The summed E-state index contributed by atoms with van der Waals surface area (Å²) in [4.78, 5) is 10.6. The summed E-state index contributed by atoms with van der Waals surface area (Å²) in [6.45, 7) is 0. The third kappa shape index (κ3) is 0.997. The van der Waals surface area contributed by atoms with Crippen LogP contribution in [0.15, 0.2) is 0 Å². The second-order valence-electron chi connectivity index (χ2n) is 1.67. The smallest absolute Gasteiger partial charge is 0.306 e. The number of carboxylic acid groups (broad SMARTS) is 1. The lowest BCUT2D eigenvalue weighted by molar-refractivity contribution is -0.141. The maximum atomic E-state index is 10.6. The Kier molecular flexibility index (Phi) is 0.641. The summed E-state index contributed by atoms with van der Waals surface area (Å²) in [5.41, 5.74) is 0. The molecule has 1 fully saturated rings. The molecule has 2 unspecified atom stereocenters. The van der Waals surface area contributed by atoms with E-state index < -0.39 is 24.6 Å². The molecule has 0 saturated heterocycles. The topological polar surface area (TPSA) is 37.3 Å². The van der Waals surface area contributed by atoms with Gasteiger partial charge < -0.3 is 5.11 Å². The highest BCUT2D eigenvalue weighted by atomic mass is 16.4. The monoisotopic (exact) mass is 118 g/mol. The van der Waals surface area contributed by atoms with Gasteiger partial charge in [-0.05, 0) is 12.8 Å². The third-order valence-corrected chi connectivity index (χ3v) is 1.07. The molecule has 2 atom stereocenters. The van der Waals surface area contributed by atoms with Crippen molar-refractivity contribution in [2.45, 2.75) is 25.6 Å². The molecule has 2 heteroatoms. The highest BCUT2D eigenvalue weighted by molar-refractivity contribution is 5.70. The fraction of sp³-hybridized carbons (Fsp3) is 0.833. The number of hydrogen-bond donors (Lipinski definition) is 1. The number of rotatable bonds is 1. The first-order valence-electron chi connectivity index (χ1n) is 4.56. The highest BCUT2D eigenvalue weighted by Crippen LogP contribution is 2.24. The zero-order chi connectivity index (χ0) is 9.57. The van der Waals surface area contributed by atoms with Gasteiger partial charge in [0.1, 0.15) is 0 Å². The maximum absolute atomic E-state index is 10.6. The molecular weight excluding hydrogens is 104 g/mol. The predicted molar refractivity (Wildman–Crippen MR) is 29.6 cm³/mol. The molecule has 0 heterocycles. The first kappa shape index (κ1) is 2.38. The van der Waals surface area contributed by atoms with E-state index in [4.69, 9.17) is 10.6 Å². The Morgan fingerprint density at radius 1 is 2.00 bits per heavy atom. The summed E-state index contributed by atoms with van der Waals surface area (Å²) in [6, 6.07) is 0. The van der Waals surface area contributed by atoms with Crippen LogP contribution < -0.4 is 0 Å². The fourth-order valence-electron chi connectivity index (χ4n) is 0.653. The molecule has 0 radical (unpaired) electrons. The van der Waals surface area contributed by atoms with E-state index in [0.29, 0.717) is 0 Å². The molecule has 0 aromatic carbocycles. The molecule has 0 aromatic heterocycles. The molecule has 46 valence electrons. The van der Waals surface area contributed by atoms with Gasteiger partial charge in [0.25, 0.3) is 0 Å². The van der Waals surface area contributed by atoms with Gasteiger partial charge in [0.2, 0.25) is 0 Å². The highest BCUT2D eigenvalue weighted by Gasteiger charge is 2.20. The molecule has 0 bridgehead atoms. The van der Waals surface area contributed by atoms with Crippen LogP contribution in [0.1, 0.15) is 31.1 Å². The zero-order valence-corrected chi connectivity index (χ0v) is 4.35. The second-order valence-corrected chi connectivity index (χ2v) is 1.67. The van der Waals surface area contributed by atoms with Crippen molar-refractivity contribution in [3.63, 3.8) is 0 Å². The van der Waals surface area contributed by atoms with Crippen LogP contribution in [0, 0.1) is 5.89 Å². The SMILES string of the molecule is [2H]C1CCC([2H])(C(=O)O)C1([2H])[2H].